The number of aromatic nitrogens is 1. The summed E-state index contributed by atoms with van der Waals surface area (Å²) in [6.45, 7) is 1.49. The number of aromatic hydroxyl groups is 1. The summed E-state index contributed by atoms with van der Waals surface area (Å²) in [6.07, 6.45) is 0.598. The number of rotatable bonds is 9. The average molecular weight is 543 g/mol. The van der Waals surface area contributed by atoms with Gasteiger partial charge in [-0.15, -0.1) is 0 Å². The fourth-order valence-corrected chi connectivity index (χ4v) is 4.44. The number of carboxylic acid groups (broad SMARTS) is 1. The fraction of sp³-hybridized carbons (Fsp3) is 0.167. The predicted octanol–water partition coefficient (Wildman–Crippen LogP) is 4.23. The first-order valence-corrected chi connectivity index (χ1v) is 12.4. The second kappa shape index (κ2) is 10.9. The lowest BCUT2D eigenvalue weighted by Crippen LogP contribution is -2.47. The zero-order valence-corrected chi connectivity index (χ0v) is 21.6. The number of H-pyrrole nitrogens is 1. The number of aliphatic carboxylic acids is 1. The van der Waals surface area contributed by atoms with Gasteiger partial charge in [0.2, 0.25) is 0 Å². The number of ether oxygens (including phenoxy) is 2. The molecule has 1 amide bonds. The number of fused-ring (bicyclic) bond motifs is 2. The molecule has 0 aliphatic carbocycles. The van der Waals surface area contributed by atoms with Crippen LogP contribution in [0, 0.1) is 0 Å². The summed E-state index contributed by atoms with van der Waals surface area (Å²) in [5.41, 5.74) is 2.18. The van der Waals surface area contributed by atoms with Crippen molar-refractivity contribution in [3.63, 3.8) is 0 Å². The van der Waals surface area contributed by atoms with Crippen molar-refractivity contribution in [2.75, 3.05) is 7.11 Å². The van der Waals surface area contributed by atoms with Crippen LogP contribution in [0.4, 0.5) is 0 Å². The molecule has 3 aromatic carbocycles. The molecule has 2 heterocycles. The van der Waals surface area contributed by atoms with Crippen LogP contribution in [0.15, 0.2) is 82.1 Å². The van der Waals surface area contributed by atoms with Crippen LogP contribution in [-0.4, -0.2) is 46.3 Å². The first-order valence-electron chi connectivity index (χ1n) is 12.4. The maximum atomic E-state index is 12.8. The van der Waals surface area contributed by atoms with Gasteiger partial charge in [-0.1, -0.05) is 12.1 Å². The Kier molecular flexibility index (Phi) is 7.15. The van der Waals surface area contributed by atoms with Crippen molar-refractivity contribution in [3.8, 4) is 28.4 Å². The highest BCUT2D eigenvalue weighted by atomic mass is 16.5. The summed E-state index contributed by atoms with van der Waals surface area (Å²) >= 11 is 0. The second-order valence-corrected chi connectivity index (χ2v) is 9.28. The van der Waals surface area contributed by atoms with Gasteiger partial charge >= 0.3 is 11.6 Å². The van der Waals surface area contributed by atoms with Crippen molar-refractivity contribution >= 4 is 33.7 Å². The maximum absolute atomic E-state index is 12.8. The highest BCUT2D eigenvalue weighted by Crippen LogP contribution is 2.27. The summed E-state index contributed by atoms with van der Waals surface area (Å²) in [4.78, 5) is 40.5. The Bertz CT molecular complexity index is 1770. The van der Waals surface area contributed by atoms with Gasteiger partial charge in [-0.3, -0.25) is 4.79 Å². The van der Waals surface area contributed by atoms with E-state index < -0.39 is 29.6 Å². The lowest BCUT2D eigenvalue weighted by atomic mass is 10.0. The Hall–Kier alpha value is -5.25. The number of hydrogen-bond donors (Lipinski definition) is 4. The summed E-state index contributed by atoms with van der Waals surface area (Å²) < 4.78 is 16.4. The van der Waals surface area contributed by atoms with Crippen LogP contribution >= 0.6 is 0 Å². The quantitative estimate of drug-likeness (QED) is 0.202. The van der Waals surface area contributed by atoms with Crippen LogP contribution in [0.1, 0.15) is 12.5 Å². The molecule has 5 aromatic rings. The van der Waals surface area contributed by atoms with Crippen LogP contribution in [0.2, 0.25) is 0 Å². The van der Waals surface area contributed by atoms with Gasteiger partial charge < -0.3 is 34.4 Å². The standard InChI is InChI=1S/C30H26N2O8/c1-16(28(34)32-26(29(35)36)12-19-15-31-25-10-6-20(33)13-23(19)25)39-22-9-5-18-11-24(30(37)40-27(18)14-22)17-3-7-21(38-2)8-4-17/h3-11,13-16,26,31,33H,12H2,1-2H3,(H,32,34)(H,35,36). The molecule has 0 saturated heterocycles. The number of hydrogen-bond acceptors (Lipinski definition) is 7. The fourth-order valence-electron chi connectivity index (χ4n) is 4.44. The number of aromatic amines is 1. The summed E-state index contributed by atoms with van der Waals surface area (Å²) in [6, 6.07) is 17.1. The molecule has 0 aliphatic heterocycles. The zero-order chi connectivity index (χ0) is 28.4. The van der Waals surface area contributed by atoms with Gasteiger partial charge in [0, 0.05) is 35.0 Å². The molecule has 2 aromatic heterocycles. The Morgan fingerprint density at radius 3 is 2.50 bits per heavy atom. The Balaban J connectivity index is 1.29. The van der Waals surface area contributed by atoms with Crippen molar-refractivity contribution in [3.05, 3.63) is 88.9 Å². The van der Waals surface area contributed by atoms with Crippen molar-refractivity contribution in [2.24, 2.45) is 0 Å². The molecule has 5 rings (SSSR count). The minimum atomic E-state index is -1.23. The SMILES string of the molecule is COc1ccc(-c2cc3ccc(OC(C)C(=O)NC(Cc4c[nH]c5ccc(O)cc45)C(=O)O)cc3oc2=O)cc1. The molecule has 0 saturated carbocycles. The van der Waals surface area contributed by atoms with E-state index in [4.69, 9.17) is 13.9 Å². The normalized spacial score (nSPS) is 12.7. The van der Waals surface area contributed by atoms with E-state index in [0.29, 0.717) is 33.2 Å². The van der Waals surface area contributed by atoms with Crippen molar-refractivity contribution in [1.82, 2.24) is 10.3 Å². The molecule has 0 fully saturated rings. The van der Waals surface area contributed by atoms with Crippen molar-refractivity contribution < 1.29 is 33.7 Å². The van der Waals surface area contributed by atoms with Gasteiger partial charge in [0.05, 0.1) is 12.7 Å². The molecule has 10 heteroatoms. The van der Waals surface area contributed by atoms with E-state index in [9.17, 15) is 24.6 Å². The number of carboxylic acids is 1. The molecule has 2 unspecified atom stereocenters. The number of benzene rings is 3. The smallest absolute Gasteiger partial charge is 0.344 e. The number of nitrogens with one attached hydrogen (secondary N) is 2. The summed E-state index contributed by atoms with van der Waals surface area (Å²) in [5.74, 6) is -0.854. The molecular formula is C30H26N2O8. The molecule has 40 heavy (non-hydrogen) atoms. The van der Waals surface area contributed by atoms with E-state index >= 15 is 0 Å². The number of carbonyl (C=O) groups excluding carboxylic acids is 1. The lowest BCUT2D eigenvalue weighted by Gasteiger charge is -2.19. The van der Waals surface area contributed by atoms with Gasteiger partial charge in [0.25, 0.3) is 5.91 Å². The van der Waals surface area contributed by atoms with Crippen LogP contribution in [0.5, 0.6) is 17.2 Å². The van der Waals surface area contributed by atoms with E-state index in [1.54, 1.807) is 61.8 Å². The molecule has 0 spiro atoms. The Morgan fingerprint density at radius 1 is 1.02 bits per heavy atom. The molecule has 0 bridgehead atoms. The van der Waals surface area contributed by atoms with Gasteiger partial charge in [-0.25, -0.2) is 9.59 Å². The first-order chi connectivity index (χ1) is 19.2. The summed E-state index contributed by atoms with van der Waals surface area (Å²) in [5, 5.41) is 23.4. The molecule has 204 valence electrons. The number of amides is 1. The predicted molar refractivity (Wildman–Crippen MR) is 148 cm³/mol. The highest BCUT2D eigenvalue weighted by Gasteiger charge is 2.25. The molecule has 10 nitrogen and oxygen atoms in total. The first kappa shape index (κ1) is 26.4. The van der Waals surface area contributed by atoms with Crippen molar-refractivity contribution in [1.29, 1.82) is 0 Å². The third-order valence-corrected chi connectivity index (χ3v) is 6.58. The van der Waals surface area contributed by atoms with E-state index in [1.165, 1.54) is 25.1 Å². The topological polar surface area (TPSA) is 151 Å². The van der Waals surface area contributed by atoms with E-state index in [-0.39, 0.29) is 23.5 Å². The molecule has 0 radical (unpaired) electrons. The van der Waals surface area contributed by atoms with E-state index in [2.05, 4.69) is 10.3 Å². The Labute approximate surface area is 227 Å². The number of carbonyl (C=O) groups is 2. The monoisotopic (exact) mass is 542 g/mol. The maximum Gasteiger partial charge on any atom is 0.344 e. The van der Waals surface area contributed by atoms with Crippen LogP contribution in [0.3, 0.4) is 0 Å². The van der Waals surface area contributed by atoms with Crippen LogP contribution in [-0.2, 0) is 16.0 Å². The highest BCUT2D eigenvalue weighted by molar-refractivity contribution is 5.89. The zero-order valence-electron chi connectivity index (χ0n) is 21.6. The largest absolute Gasteiger partial charge is 0.508 e. The van der Waals surface area contributed by atoms with E-state index in [1.807, 2.05) is 0 Å². The van der Waals surface area contributed by atoms with E-state index in [0.717, 1.165) is 5.52 Å². The van der Waals surface area contributed by atoms with Crippen molar-refractivity contribution in [2.45, 2.75) is 25.5 Å². The van der Waals surface area contributed by atoms with Crippen LogP contribution in [0.25, 0.3) is 33.0 Å². The Morgan fingerprint density at radius 2 is 1.77 bits per heavy atom. The molecule has 2 atom stereocenters. The minimum Gasteiger partial charge on any atom is -0.508 e. The number of phenolic OH excluding ortho intramolecular Hbond substituents is 1. The molecular weight excluding hydrogens is 516 g/mol. The van der Waals surface area contributed by atoms with Gasteiger partial charge in [-0.05, 0) is 66.6 Å². The number of methoxy groups -OCH3 is 1. The van der Waals surface area contributed by atoms with Gasteiger partial charge in [0.1, 0.15) is 28.9 Å². The second-order valence-electron chi connectivity index (χ2n) is 9.28. The minimum absolute atomic E-state index is 0.00505. The summed E-state index contributed by atoms with van der Waals surface area (Å²) in [7, 11) is 1.56. The van der Waals surface area contributed by atoms with Gasteiger partial charge in [0.15, 0.2) is 6.10 Å². The number of phenols is 1. The third-order valence-electron chi connectivity index (χ3n) is 6.58. The third kappa shape index (κ3) is 5.46. The molecule has 4 N–H and O–H groups in total. The van der Waals surface area contributed by atoms with Gasteiger partial charge in [-0.2, -0.15) is 0 Å². The van der Waals surface area contributed by atoms with Crippen LogP contribution < -0.4 is 20.4 Å². The molecule has 0 aliphatic rings. The average Bonchev–Trinajstić information content (AvgIpc) is 3.33. The lowest BCUT2D eigenvalue weighted by molar-refractivity contribution is -0.142.